The standard InChI is InChI=1S/C8H13N3/c1-6-4-5-7(2)11(6)8(9)10-3/h4-5H,1-3H3,(H2,9,10). The quantitative estimate of drug-likeness (QED) is 0.434. The highest BCUT2D eigenvalue weighted by atomic mass is 15.1. The van der Waals surface area contributed by atoms with Gasteiger partial charge in [-0.1, -0.05) is 0 Å². The summed E-state index contributed by atoms with van der Waals surface area (Å²) in [5, 5.41) is 0. The van der Waals surface area contributed by atoms with Gasteiger partial charge in [0.15, 0.2) is 5.96 Å². The number of nitrogens with two attached hydrogens (primary N) is 1. The van der Waals surface area contributed by atoms with Crippen LogP contribution in [0.15, 0.2) is 17.1 Å². The second-order valence-corrected chi connectivity index (χ2v) is 2.53. The SMILES string of the molecule is C/N=C(\N)n1c(C)ccc1C. The lowest BCUT2D eigenvalue weighted by Crippen LogP contribution is -2.23. The van der Waals surface area contributed by atoms with Gasteiger partial charge >= 0.3 is 0 Å². The molecule has 0 amide bonds. The third-order valence-corrected chi connectivity index (χ3v) is 1.73. The Labute approximate surface area is 66.5 Å². The van der Waals surface area contributed by atoms with Crippen molar-refractivity contribution in [3.8, 4) is 0 Å². The highest BCUT2D eigenvalue weighted by Crippen LogP contribution is 2.04. The van der Waals surface area contributed by atoms with Crippen LogP contribution in [0.4, 0.5) is 0 Å². The maximum Gasteiger partial charge on any atom is 0.199 e. The summed E-state index contributed by atoms with van der Waals surface area (Å²) in [6, 6.07) is 4.04. The van der Waals surface area contributed by atoms with E-state index >= 15 is 0 Å². The molecule has 0 aromatic carbocycles. The first kappa shape index (κ1) is 7.85. The Morgan fingerprint density at radius 3 is 2.18 bits per heavy atom. The summed E-state index contributed by atoms with van der Waals surface area (Å²) in [7, 11) is 1.69. The molecule has 0 spiro atoms. The van der Waals surface area contributed by atoms with Gasteiger partial charge in [-0.25, -0.2) is 0 Å². The van der Waals surface area contributed by atoms with Gasteiger partial charge in [-0.2, -0.15) is 0 Å². The van der Waals surface area contributed by atoms with E-state index in [0.29, 0.717) is 5.96 Å². The first-order valence-corrected chi connectivity index (χ1v) is 3.54. The van der Waals surface area contributed by atoms with Crippen molar-refractivity contribution in [2.75, 3.05) is 7.05 Å². The third-order valence-electron chi connectivity index (χ3n) is 1.73. The molecule has 0 aliphatic heterocycles. The molecule has 60 valence electrons. The predicted molar refractivity (Wildman–Crippen MR) is 46.9 cm³/mol. The van der Waals surface area contributed by atoms with E-state index in [9.17, 15) is 0 Å². The molecule has 2 N–H and O–H groups in total. The topological polar surface area (TPSA) is 43.3 Å². The molecule has 0 aliphatic carbocycles. The fourth-order valence-corrected chi connectivity index (χ4v) is 1.13. The van der Waals surface area contributed by atoms with Crippen LogP contribution in [0.5, 0.6) is 0 Å². The Morgan fingerprint density at radius 1 is 1.36 bits per heavy atom. The molecule has 0 saturated heterocycles. The van der Waals surface area contributed by atoms with Crippen LogP contribution in [-0.4, -0.2) is 17.6 Å². The number of aliphatic imine (C=N–C) groups is 1. The predicted octanol–water partition coefficient (Wildman–Crippen LogP) is 0.898. The van der Waals surface area contributed by atoms with E-state index < -0.39 is 0 Å². The van der Waals surface area contributed by atoms with Gasteiger partial charge < -0.3 is 5.73 Å². The molecule has 3 heteroatoms. The molecule has 0 aliphatic rings. The molecule has 0 saturated carbocycles. The minimum atomic E-state index is 0.546. The largest absolute Gasteiger partial charge is 0.369 e. The van der Waals surface area contributed by atoms with Crippen LogP contribution in [0.25, 0.3) is 0 Å². The van der Waals surface area contributed by atoms with Gasteiger partial charge in [-0.3, -0.25) is 9.56 Å². The van der Waals surface area contributed by atoms with Crippen LogP contribution in [0, 0.1) is 13.8 Å². The summed E-state index contributed by atoms with van der Waals surface area (Å²) in [5.41, 5.74) is 7.89. The molecule has 0 radical (unpaired) electrons. The average Bonchev–Trinajstić information content (AvgIpc) is 2.30. The summed E-state index contributed by atoms with van der Waals surface area (Å²) in [5.74, 6) is 0.546. The monoisotopic (exact) mass is 151 g/mol. The summed E-state index contributed by atoms with van der Waals surface area (Å²) in [4.78, 5) is 3.91. The van der Waals surface area contributed by atoms with Crippen molar-refractivity contribution >= 4 is 5.96 Å². The average molecular weight is 151 g/mol. The lowest BCUT2D eigenvalue weighted by atomic mass is 10.5. The first-order chi connectivity index (χ1) is 5.16. The summed E-state index contributed by atoms with van der Waals surface area (Å²) >= 11 is 0. The van der Waals surface area contributed by atoms with Crippen molar-refractivity contribution < 1.29 is 0 Å². The van der Waals surface area contributed by atoms with E-state index in [-0.39, 0.29) is 0 Å². The molecule has 0 fully saturated rings. The van der Waals surface area contributed by atoms with E-state index in [2.05, 4.69) is 4.99 Å². The Bertz CT molecular complexity index is 264. The number of hydrogen-bond acceptors (Lipinski definition) is 1. The minimum absolute atomic E-state index is 0.546. The molecular formula is C8H13N3. The second-order valence-electron chi connectivity index (χ2n) is 2.53. The zero-order chi connectivity index (χ0) is 8.43. The fraction of sp³-hybridized carbons (Fsp3) is 0.375. The molecule has 1 rings (SSSR count). The van der Waals surface area contributed by atoms with Gasteiger partial charge in [-0.15, -0.1) is 0 Å². The van der Waals surface area contributed by atoms with E-state index in [0.717, 1.165) is 11.4 Å². The smallest absolute Gasteiger partial charge is 0.199 e. The van der Waals surface area contributed by atoms with Crippen LogP contribution in [0.1, 0.15) is 11.4 Å². The zero-order valence-corrected chi connectivity index (χ0v) is 7.13. The summed E-state index contributed by atoms with van der Waals surface area (Å²) in [6.45, 7) is 4.01. The van der Waals surface area contributed by atoms with Gasteiger partial charge in [0.1, 0.15) is 0 Å². The summed E-state index contributed by atoms with van der Waals surface area (Å²) in [6.07, 6.45) is 0. The van der Waals surface area contributed by atoms with Crippen molar-refractivity contribution in [3.05, 3.63) is 23.5 Å². The van der Waals surface area contributed by atoms with E-state index in [1.165, 1.54) is 0 Å². The molecule has 1 heterocycles. The lowest BCUT2D eigenvalue weighted by Gasteiger charge is -2.05. The number of nitrogens with zero attached hydrogens (tertiary/aromatic N) is 2. The molecule has 3 nitrogen and oxygen atoms in total. The Balaban J connectivity index is 3.21. The lowest BCUT2D eigenvalue weighted by molar-refractivity contribution is 1.000. The first-order valence-electron chi connectivity index (χ1n) is 3.54. The van der Waals surface area contributed by atoms with Crippen LogP contribution in [0.3, 0.4) is 0 Å². The summed E-state index contributed by atoms with van der Waals surface area (Å²) < 4.78 is 1.92. The minimum Gasteiger partial charge on any atom is -0.369 e. The number of rotatable bonds is 0. The van der Waals surface area contributed by atoms with Gasteiger partial charge in [-0.05, 0) is 26.0 Å². The third kappa shape index (κ3) is 1.27. The van der Waals surface area contributed by atoms with Gasteiger partial charge in [0, 0.05) is 18.4 Å². The van der Waals surface area contributed by atoms with E-state index in [4.69, 9.17) is 5.73 Å². The van der Waals surface area contributed by atoms with Crippen LogP contribution >= 0.6 is 0 Å². The van der Waals surface area contributed by atoms with E-state index in [1.807, 2.05) is 30.5 Å². The zero-order valence-electron chi connectivity index (χ0n) is 7.13. The molecule has 11 heavy (non-hydrogen) atoms. The number of hydrogen-bond donors (Lipinski definition) is 1. The van der Waals surface area contributed by atoms with Crippen molar-refractivity contribution in [2.24, 2.45) is 10.7 Å². The van der Waals surface area contributed by atoms with Crippen molar-refractivity contribution in [1.29, 1.82) is 0 Å². The van der Waals surface area contributed by atoms with Crippen molar-refractivity contribution in [3.63, 3.8) is 0 Å². The van der Waals surface area contributed by atoms with Crippen LogP contribution in [-0.2, 0) is 0 Å². The van der Waals surface area contributed by atoms with Crippen molar-refractivity contribution in [2.45, 2.75) is 13.8 Å². The number of aryl methyl sites for hydroxylation is 2. The second kappa shape index (κ2) is 2.78. The fourth-order valence-electron chi connectivity index (χ4n) is 1.13. The Kier molecular flexibility index (Phi) is 1.98. The molecule has 0 atom stereocenters. The van der Waals surface area contributed by atoms with Gasteiger partial charge in [0.05, 0.1) is 0 Å². The van der Waals surface area contributed by atoms with E-state index in [1.54, 1.807) is 7.05 Å². The van der Waals surface area contributed by atoms with Crippen molar-refractivity contribution in [1.82, 2.24) is 4.57 Å². The number of aromatic nitrogens is 1. The van der Waals surface area contributed by atoms with Crippen LogP contribution < -0.4 is 5.73 Å². The molecule has 1 aromatic rings. The molecule has 0 bridgehead atoms. The molecule has 0 unspecified atom stereocenters. The highest BCUT2D eigenvalue weighted by molar-refractivity contribution is 5.81. The highest BCUT2D eigenvalue weighted by Gasteiger charge is 2.02. The van der Waals surface area contributed by atoms with Crippen LogP contribution in [0.2, 0.25) is 0 Å². The van der Waals surface area contributed by atoms with Gasteiger partial charge in [0.2, 0.25) is 0 Å². The normalized spacial score (nSPS) is 12.1. The maximum absolute atomic E-state index is 5.65. The molecular weight excluding hydrogens is 138 g/mol. The Hall–Kier alpha value is -1.25. The van der Waals surface area contributed by atoms with Gasteiger partial charge in [0.25, 0.3) is 0 Å². The molecule has 1 aromatic heterocycles. The Morgan fingerprint density at radius 2 is 1.82 bits per heavy atom. The maximum atomic E-state index is 5.65.